The Kier molecular flexibility index (Phi) is 5.46. The van der Waals surface area contributed by atoms with Gasteiger partial charge in [0.15, 0.2) is 0 Å². The summed E-state index contributed by atoms with van der Waals surface area (Å²) in [5.74, 6) is 0.361. The molecule has 2 N–H and O–H groups in total. The summed E-state index contributed by atoms with van der Waals surface area (Å²) in [6.07, 6.45) is 8.47. The highest BCUT2D eigenvalue weighted by molar-refractivity contribution is 6.07. The van der Waals surface area contributed by atoms with Crippen LogP contribution in [0, 0.1) is 0 Å². The second kappa shape index (κ2) is 9.07. The number of carbonyl (C=O) groups excluding carboxylic acids is 2. The average molecular weight is 475 g/mol. The van der Waals surface area contributed by atoms with Crippen molar-refractivity contribution >= 4 is 34.4 Å². The lowest BCUT2D eigenvalue weighted by Gasteiger charge is -2.16. The first-order valence-corrected chi connectivity index (χ1v) is 11.7. The number of aromatic amines is 1. The highest BCUT2D eigenvalue weighted by Gasteiger charge is 2.21. The molecular weight excluding hydrogens is 452 g/mol. The van der Waals surface area contributed by atoms with Crippen LogP contribution in [0.2, 0.25) is 0 Å². The fraction of sp³-hybridized carbons (Fsp3) is 0.107. The Morgan fingerprint density at radius 1 is 0.917 bits per heavy atom. The van der Waals surface area contributed by atoms with Crippen LogP contribution in [0.5, 0.6) is 0 Å². The monoisotopic (exact) mass is 474 g/mol. The van der Waals surface area contributed by atoms with Gasteiger partial charge < -0.3 is 15.2 Å². The topological polar surface area (TPSA) is 104 Å². The van der Waals surface area contributed by atoms with E-state index in [1.165, 1.54) is 0 Å². The minimum atomic E-state index is -0.291. The molecule has 176 valence electrons. The summed E-state index contributed by atoms with van der Waals surface area (Å²) < 4.78 is 0. The van der Waals surface area contributed by atoms with E-state index in [0.29, 0.717) is 23.6 Å². The fourth-order valence-electron chi connectivity index (χ4n) is 4.52. The number of aromatic nitrogens is 4. The highest BCUT2D eigenvalue weighted by Crippen LogP contribution is 2.32. The maximum Gasteiger partial charge on any atom is 0.273 e. The summed E-state index contributed by atoms with van der Waals surface area (Å²) >= 11 is 0. The van der Waals surface area contributed by atoms with E-state index in [2.05, 4.69) is 31.3 Å². The lowest BCUT2D eigenvalue weighted by molar-refractivity contribution is -0.117. The number of H-pyrrole nitrogens is 1. The summed E-state index contributed by atoms with van der Waals surface area (Å²) in [7, 11) is 0. The first kappa shape index (κ1) is 21.7. The van der Waals surface area contributed by atoms with E-state index in [9.17, 15) is 9.59 Å². The zero-order valence-electron chi connectivity index (χ0n) is 19.3. The molecule has 4 aromatic heterocycles. The molecule has 8 nitrogen and oxygen atoms in total. The van der Waals surface area contributed by atoms with Crippen molar-refractivity contribution in [3.63, 3.8) is 0 Å². The predicted octanol–water partition coefficient (Wildman–Crippen LogP) is 5.07. The van der Waals surface area contributed by atoms with Crippen molar-refractivity contribution in [2.45, 2.75) is 12.8 Å². The number of amides is 2. The second-order valence-electron chi connectivity index (χ2n) is 8.63. The van der Waals surface area contributed by atoms with Gasteiger partial charge in [-0.3, -0.25) is 14.6 Å². The minimum Gasteiger partial charge on any atom is -0.335 e. The molecule has 1 saturated heterocycles. The van der Waals surface area contributed by atoms with Gasteiger partial charge in [-0.15, -0.1) is 0 Å². The second-order valence-corrected chi connectivity index (χ2v) is 8.63. The van der Waals surface area contributed by atoms with Crippen LogP contribution in [0.25, 0.3) is 33.3 Å². The number of rotatable bonds is 5. The molecule has 0 aliphatic carbocycles. The summed E-state index contributed by atoms with van der Waals surface area (Å²) in [6, 6.07) is 19.1. The van der Waals surface area contributed by atoms with Crippen LogP contribution in [0.15, 0.2) is 85.5 Å². The van der Waals surface area contributed by atoms with Crippen LogP contribution < -0.4 is 10.2 Å². The SMILES string of the molecule is O=C(Nc1ccccn1)c1cc2c(-c3cncc(-c4ccc(N5CCCC5=O)cc4)c3)ccnc2[nH]1. The number of fused-ring (bicyclic) bond motifs is 1. The third-order valence-corrected chi connectivity index (χ3v) is 6.32. The Hall–Kier alpha value is -4.85. The first-order valence-electron chi connectivity index (χ1n) is 11.7. The van der Waals surface area contributed by atoms with Crippen molar-refractivity contribution in [2.75, 3.05) is 16.8 Å². The van der Waals surface area contributed by atoms with Crippen LogP contribution in [0.1, 0.15) is 23.3 Å². The third-order valence-electron chi connectivity index (χ3n) is 6.32. The van der Waals surface area contributed by atoms with E-state index < -0.39 is 0 Å². The first-order chi connectivity index (χ1) is 17.7. The molecule has 1 fully saturated rings. The largest absolute Gasteiger partial charge is 0.335 e. The molecule has 0 bridgehead atoms. The lowest BCUT2D eigenvalue weighted by atomic mass is 10.0. The van der Waals surface area contributed by atoms with E-state index >= 15 is 0 Å². The molecule has 0 saturated carbocycles. The van der Waals surface area contributed by atoms with Crippen molar-refractivity contribution in [2.24, 2.45) is 0 Å². The highest BCUT2D eigenvalue weighted by atomic mass is 16.2. The maximum atomic E-state index is 12.8. The fourth-order valence-corrected chi connectivity index (χ4v) is 4.52. The molecule has 1 aromatic carbocycles. The van der Waals surface area contributed by atoms with E-state index in [-0.39, 0.29) is 11.8 Å². The van der Waals surface area contributed by atoms with E-state index in [1.54, 1.807) is 36.8 Å². The lowest BCUT2D eigenvalue weighted by Crippen LogP contribution is -2.23. The molecule has 0 atom stereocenters. The van der Waals surface area contributed by atoms with Crippen LogP contribution in [0.4, 0.5) is 11.5 Å². The number of nitrogens with one attached hydrogen (secondary N) is 2. The van der Waals surface area contributed by atoms with Crippen molar-refractivity contribution in [1.82, 2.24) is 19.9 Å². The standard InChI is InChI=1S/C28H22N6O2/c35-26-5-3-13-34(26)21-8-6-18(7-9-21)19-14-20(17-29-16-19)22-10-12-31-27-23(22)15-24(32-27)28(36)33-25-4-1-2-11-30-25/h1-2,4,6-12,14-17H,3,5,13H2,(H,31,32)(H,30,33,36). The van der Waals surface area contributed by atoms with Crippen LogP contribution in [0.3, 0.4) is 0 Å². The minimum absolute atomic E-state index is 0.174. The van der Waals surface area contributed by atoms with Gasteiger partial charge in [0, 0.05) is 60.0 Å². The van der Waals surface area contributed by atoms with Gasteiger partial charge in [0.1, 0.15) is 17.2 Å². The Morgan fingerprint density at radius 3 is 2.56 bits per heavy atom. The molecule has 0 radical (unpaired) electrons. The number of pyridine rings is 3. The van der Waals surface area contributed by atoms with Crippen LogP contribution in [-0.4, -0.2) is 38.3 Å². The van der Waals surface area contributed by atoms with Crippen molar-refractivity contribution in [3.8, 4) is 22.3 Å². The normalized spacial score (nSPS) is 13.3. The number of anilines is 2. The third kappa shape index (κ3) is 4.09. The van der Waals surface area contributed by atoms with Crippen molar-refractivity contribution < 1.29 is 9.59 Å². The molecule has 5 aromatic rings. The molecule has 6 rings (SSSR count). The number of carbonyl (C=O) groups is 2. The molecule has 8 heteroatoms. The Labute approximate surface area is 207 Å². The zero-order chi connectivity index (χ0) is 24.5. The summed E-state index contributed by atoms with van der Waals surface area (Å²) in [5.41, 5.74) is 5.73. The summed E-state index contributed by atoms with van der Waals surface area (Å²) in [5, 5.41) is 3.62. The van der Waals surface area contributed by atoms with E-state index in [0.717, 1.165) is 46.3 Å². The smallest absolute Gasteiger partial charge is 0.273 e. The molecule has 1 aliphatic rings. The molecule has 0 unspecified atom stereocenters. The Morgan fingerprint density at radius 2 is 1.78 bits per heavy atom. The number of nitrogens with zero attached hydrogens (tertiary/aromatic N) is 4. The van der Waals surface area contributed by atoms with E-state index in [4.69, 9.17) is 0 Å². The van der Waals surface area contributed by atoms with Gasteiger partial charge in [0.25, 0.3) is 5.91 Å². The molecule has 0 spiro atoms. The summed E-state index contributed by atoms with van der Waals surface area (Å²) in [4.78, 5) is 42.8. The molecular formula is C28H22N6O2. The summed E-state index contributed by atoms with van der Waals surface area (Å²) in [6.45, 7) is 0.770. The Balaban J connectivity index is 1.30. The number of benzene rings is 1. The van der Waals surface area contributed by atoms with Gasteiger partial charge in [-0.05, 0) is 60.0 Å². The molecule has 1 aliphatic heterocycles. The maximum absolute atomic E-state index is 12.8. The van der Waals surface area contributed by atoms with E-state index in [1.807, 2.05) is 47.5 Å². The van der Waals surface area contributed by atoms with Crippen molar-refractivity contribution in [1.29, 1.82) is 0 Å². The van der Waals surface area contributed by atoms with Crippen LogP contribution in [-0.2, 0) is 4.79 Å². The number of hydrogen-bond acceptors (Lipinski definition) is 5. The van der Waals surface area contributed by atoms with Gasteiger partial charge in [0.05, 0.1) is 0 Å². The zero-order valence-corrected chi connectivity index (χ0v) is 19.3. The Bertz CT molecular complexity index is 1580. The average Bonchev–Trinajstić information content (AvgIpc) is 3.56. The van der Waals surface area contributed by atoms with Gasteiger partial charge >= 0.3 is 0 Å². The van der Waals surface area contributed by atoms with Crippen LogP contribution >= 0.6 is 0 Å². The molecule has 36 heavy (non-hydrogen) atoms. The molecule has 2 amide bonds. The quantitative estimate of drug-likeness (QED) is 0.370. The van der Waals surface area contributed by atoms with Gasteiger partial charge in [-0.25, -0.2) is 9.97 Å². The predicted molar refractivity (Wildman–Crippen MR) is 139 cm³/mol. The van der Waals surface area contributed by atoms with Crippen molar-refractivity contribution in [3.05, 3.63) is 91.1 Å². The number of hydrogen-bond donors (Lipinski definition) is 2. The van der Waals surface area contributed by atoms with Gasteiger partial charge in [-0.2, -0.15) is 0 Å². The van der Waals surface area contributed by atoms with Gasteiger partial charge in [-0.1, -0.05) is 18.2 Å². The van der Waals surface area contributed by atoms with Gasteiger partial charge in [0.2, 0.25) is 5.91 Å². The molecule has 5 heterocycles.